The van der Waals surface area contributed by atoms with Gasteiger partial charge in [0.2, 0.25) is 11.8 Å². The zero-order chi connectivity index (χ0) is 21.5. The van der Waals surface area contributed by atoms with E-state index in [2.05, 4.69) is 5.10 Å². The van der Waals surface area contributed by atoms with E-state index < -0.39 is 0 Å². The molecule has 2 aromatic rings. The van der Waals surface area contributed by atoms with E-state index in [9.17, 15) is 9.59 Å². The molecule has 3 rings (SSSR count). The summed E-state index contributed by atoms with van der Waals surface area (Å²) in [6, 6.07) is 8.01. The molecule has 1 aliphatic rings. The van der Waals surface area contributed by atoms with Crippen LogP contribution >= 0.6 is 0 Å². The van der Waals surface area contributed by atoms with Gasteiger partial charge < -0.3 is 9.80 Å². The molecule has 0 N–H and O–H groups in total. The highest BCUT2D eigenvalue weighted by molar-refractivity contribution is 5.92. The van der Waals surface area contributed by atoms with Gasteiger partial charge in [0.25, 0.3) is 0 Å². The van der Waals surface area contributed by atoms with E-state index in [1.807, 2.05) is 54.2 Å². The lowest BCUT2D eigenvalue weighted by Crippen LogP contribution is -2.35. The predicted octanol–water partition coefficient (Wildman–Crippen LogP) is 4.01. The standard InChI is InChI=1S/C24H34N4O2/c1-19-21(17-26(3)25-19)13-14-24(30)27-15-9-5-4-6-10-16-28(20(2)29)23-12-8-7-11-22(23)18-27/h7-8,11-12,17H,4-6,9-10,13-16,18H2,1-3H3. The normalized spacial score (nSPS) is 15.8. The number of aromatic nitrogens is 2. The highest BCUT2D eigenvalue weighted by atomic mass is 16.2. The molecule has 0 radical (unpaired) electrons. The van der Waals surface area contributed by atoms with Gasteiger partial charge in [-0.15, -0.1) is 0 Å². The fraction of sp³-hybridized carbons (Fsp3) is 0.542. The summed E-state index contributed by atoms with van der Waals surface area (Å²) >= 11 is 0. The Morgan fingerprint density at radius 1 is 1.03 bits per heavy atom. The number of hydrogen-bond donors (Lipinski definition) is 0. The Hall–Kier alpha value is -2.63. The molecule has 0 atom stereocenters. The van der Waals surface area contributed by atoms with Crippen molar-refractivity contribution in [3.63, 3.8) is 0 Å². The van der Waals surface area contributed by atoms with Crippen molar-refractivity contribution in [1.29, 1.82) is 0 Å². The lowest BCUT2D eigenvalue weighted by molar-refractivity contribution is -0.131. The van der Waals surface area contributed by atoms with Crippen LogP contribution in [-0.4, -0.2) is 39.6 Å². The minimum absolute atomic E-state index is 0.0597. The van der Waals surface area contributed by atoms with Crippen LogP contribution in [0.2, 0.25) is 0 Å². The fourth-order valence-electron chi connectivity index (χ4n) is 4.25. The lowest BCUT2D eigenvalue weighted by Gasteiger charge is -2.29. The first-order chi connectivity index (χ1) is 14.5. The predicted molar refractivity (Wildman–Crippen MR) is 119 cm³/mol. The van der Waals surface area contributed by atoms with Gasteiger partial charge in [0.15, 0.2) is 0 Å². The molecular weight excluding hydrogens is 376 g/mol. The van der Waals surface area contributed by atoms with Crippen molar-refractivity contribution < 1.29 is 9.59 Å². The Kier molecular flexibility index (Phi) is 7.66. The minimum Gasteiger partial charge on any atom is -0.338 e. The first kappa shape index (κ1) is 22.1. The number of carbonyl (C=O) groups is 2. The van der Waals surface area contributed by atoms with E-state index >= 15 is 0 Å². The van der Waals surface area contributed by atoms with Gasteiger partial charge >= 0.3 is 0 Å². The van der Waals surface area contributed by atoms with Crippen LogP contribution in [0.4, 0.5) is 5.69 Å². The molecule has 2 heterocycles. The molecule has 0 bridgehead atoms. The van der Waals surface area contributed by atoms with E-state index in [4.69, 9.17) is 0 Å². The van der Waals surface area contributed by atoms with Crippen LogP contribution in [0.5, 0.6) is 0 Å². The van der Waals surface area contributed by atoms with Gasteiger partial charge in [-0.25, -0.2) is 0 Å². The van der Waals surface area contributed by atoms with E-state index in [1.165, 1.54) is 0 Å². The summed E-state index contributed by atoms with van der Waals surface area (Å²) < 4.78 is 1.80. The topological polar surface area (TPSA) is 58.4 Å². The number of fused-ring (bicyclic) bond motifs is 1. The molecule has 0 saturated carbocycles. The number of para-hydroxylation sites is 1. The quantitative estimate of drug-likeness (QED) is 0.768. The molecule has 30 heavy (non-hydrogen) atoms. The first-order valence-corrected chi connectivity index (χ1v) is 11.1. The third-order valence-electron chi connectivity index (χ3n) is 5.91. The van der Waals surface area contributed by atoms with Crippen LogP contribution in [0.3, 0.4) is 0 Å². The monoisotopic (exact) mass is 410 g/mol. The van der Waals surface area contributed by atoms with E-state index in [1.54, 1.807) is 11.6 Å². The average Bonchev–Trinajstić information content (AvgIpc) is 3.03. The SMILES string of the molecule is CC(=O)N1CCCCCCCN(C(=O)CCc2cn(C)nc2C)Cc2ccccc21. The maximum atomic E-state index is 13.1. The summed E-state index contributed by atoms with van der Waals surface area (Å²) in [5.41, 5.74) is 4.09. The van der Waals surface area contributed by atoms with Gasteiger partial charge in [0.05, 0.1) is 5.69 Å². The molecule has 1 aliphatic heterocycles. The largest absolute Gasteiger partial charge is 0.338 e. The summed E-state index contributed by atoms with van der Waals surface area (Å²) in [6.07, 6.45) is 8.59. The molecule has 2 amide bonds. The molecule has 0 aliphatic carbocycles. The maximum Gasteiger partial charge on any atom is 0.223 e. The molecule has 1 aromatic heterocycles. The summed E-state index contributed by atoms with van der Waals surface area (Å²) in [5, 5.41) is 4.38. The number of nitrogens with zero attached hydrogens (tertiary/aromatic N) is 4. The molecule has 1 aromatic carbocycles. The summed E-state index contributed by atoms with van der Waals surface area (Å²) in [4.78, 5) is 29.3. The van der Waals surface area contributed by atoms with E-state index in [0.29, 0.717) is 19.4 Å². The van der Waals surface area contributed by atoms with Crippen molar-refractivity contribution in [2.75, 3.05) is 18.0 Å². The second-order valence-electron chi connectivity index (χ2n) is 8.30. The van der Waals surface area contributed by atoms with Crippen LogP contribution < -0.4 is 4.90 Å². The second-order valence-corrected chi connectivity index (χ2v) is 8.30. The molecule has 0 spiro atoms. The third kappa shape index (κ3) is 5.71. The van der Waals surface area contributed by atoms with Crippen molar-refractivity contribution >= 4 is 17.5 Å². The zero-order valence-corrected chi connectivity index (χ0v) is 18.6. The number of hydrogen-bond acceptors (Lipinski definition) is 3. The average molecular weight is 411 g/mol. The molecule has 0 unspecified atom stereocenters. The van der Waals surface area contributed by atoms with E-state index in [0.717, 1.165) is 67.7 Å². The molecule has 0 saturated heterocycles. The zero-order valence-electron chi connectivity index (χ0n) is 18.6. The van der Waals surface area contributed by atoms with Crippen LogP contribution in [0.25, 0.3) is 0 Å². The highest BCUT2D eigenvalue weighted by Gasteiger charge is 2.20. The van der Waals surface area contributed by atoms with Crippen LogP contribution in [0.1, 0.15) is 62.3 Å². The van der Waals surface area contributed by atoms with Gasteiger partial charge in [-0.2, -0.15) is 5.10 Å². The maximum absolute atomic E-state index is 13.1. The van der Waals surface area contributed by atoms with Gasteiger partial charge in [-0.05, 0) is 43.4 Å². The van der Waals surface area contributed by atoms with Crippen LogP contribution in [-0.2, 0) is 29.6 Å². The van der Waals surface area contributed by atoms with Crippen molar-refractivity contribution in [2.45, 2.75) is 65.3 Å². The fourth-order valence-corrected chi connectivity index (χ4v) is 4.25. The van der Waals surface area contributed by atoms with Crippen molar-refractivity contribution in [3.8, 4) is 0 Å². The number of benzene rings is 1. The Morgan fingerprint density at radius 2 is 1.73 bits per heavy atom. The highest BCUT2D eigenvalue weighted by Crippen LogP contribution is 2.25. The van der Waals surface area contributed by atoms with Crippen LogP contribution in [0, 0.1) is 6.92 Å². The summed E-state index contributed by atoms with van der Waals surface area (Å²) in [6.45, 7) is 5.66. The Bertz CT molecular complexity index is 874. The van der Waals surface area contributed by atoms with Crippen molar-refractivity contribution in [2.24, 2.45) is 7.05 Å². The molecule has 162 valence electrons. The van der Waals surface area contributed by atoms with Crippen molar-refractivity contribution in [3.05, 3.63) is 47.3 Å². The number of carbonyl (C=O) groups excluding carboxylic acids is 2. The number of rotatable bonds is 3. The molecule has 0 fully saturated rings. The third-order valence-corrected chi connectivity index (χ3v) is 5.91. The smallest absolute Gasteiger partial charge is 0.223 e. The molecule has 6 heteroatoms. The van der Waals surface area contributed by atoms with Gasteiger partial charge in [0.1, 0.15) is 0 Å². The van der Waals surface area contributed by atoms with Gasteiger partial charge in [-0.1, -0.05) is 37.5 Å². The van der Waals surface area contributed by atoms with Crippen LogP contribution in [0.15, 0.2) is 30.5 Å². The Balaban J connectivity index is 1.79. The molecule has 6 nitrogen and oxygen atoms in total. The number of amides is 2. The van der Waals surface area contributed by atoms with E-state index in [-0.39, 0.29) is 11.8 Å². The molecular formula is C24H34N4O2. The minimum atomic E-state index is 0.0597. The second kappa shape index (κ2) is 10.4. The number of anilines is 1. The Morgan fingerprint density at radius 3 is 2.43 bits per heavy atom. The van der Waals surface area contributed by atoms with Gasteiger partial charge in [-0.3, -0.25) is 14.3 Å². The van der Waals surface area contributed by atoms with Gasteiger partial charge in [0, 0.05) is 51.9 Å². The lowest BCUT2D eigenvalue weighted by atomic mass is 10.1. The summed E-state index contributed by atoms with van der Waals surface area (Å²) in [5.74, 6) is 0.226. The Labute approximate surface area is 179 Å². The summed E-state index contributed by atoms with van der Waals surface area (Å²) in [7, 11) is 1.91. The van der Waals surface area contributed by atoms with Crippen molar-refractivity contribution in [1.82, 2.24) is 14.7 Å². The first-order valence-electron chi connectivity index (χ1n) is 11.1. The number of aryl methyl sites for hydroxylation is 3.